The zero-order valence-electron chi connectivity index (χ0n) is 11.5. The van der Waals surface area contributed by atoms with Gasteiger partial charge in [0.2, 0.25) is 6.54 Å². The van der Waals surface area contributed by atoms with Gasteiger partial charge < -0.3 is 10.5 Å². The summed E-state index contributed by atoms with van der Waals surface area (Å²) in [6, 6.07) is 0. The Labute approximate surface area is 113 Å². The molecule has 0 aliphatic heterocycles. The van der Waals surface area contributed by atoms with Crippen LogP contribution in [-0.4, -0.2) is 12.6 Å². The van der Waals surface area contributed by atoms with Crippen LogP contribution in [0.4, 0.5) is 5.69 Å². The zero-order chi connectivity index (χ0) is 13.4. The van der Waals surface area contributed by atoms with E-state index in [0.717, 1.165) is 44.2 Å². The molecule has 102 valence electrons. The summed E-state index contributed by atoms with van der Waals surface area (Å²) in [5, 5.41) is 0. The zero-order valence-corrected chi connectivity index (χ0v) is 11.5. The number of aromatic nitrogens is 1. The molecule has 0 aromatic carbocycles. The predicted molar refractivity (Wildman–Crippen MR) is 71.7 cm³/mol. The minimum atomic E-state index is -0.138. The molecule has 1 aromatic rings. The van der Waals surface area contributed by atoms with E-state index in [2.05, 4.69) is 4.57 Å². The lowest BCUT2D eigenvalue weighted by Crippen LogP contribution is -2.46. The highest BCUT2D eigenvalue weighted by molar-refractivity contribution is 5.68. The fraction of sp³-hybridized carbons (Fsp3) is 0.600. The summed E-state index contributed by atoms with van der Waals surface area (Å²) in [5.41, 5.74) is 12.4. The van der Waals surface area contributed by atoms with Gasteiger partial charge in [-0.3, -0.25) is 0 Å². The van der Waals surface area contributed by atoms with Crippen LogP contribution in [0.25, 0.3) is 0 Å². The number of esters is 1. The van der Waals surface area contributed by atoms with Gasteiger partial charge in [-0.15, -0.1) is 0 Å². The molecule has 0 unspecified atom stereocenters. The van der Waals surface area contributed by atoms with Crippen molar-refractivity contribution >= 4 is 11.7 Å². The van der Waals surface area contributed by atoms with E-state index in [-0.39, 0.29) is 5.97 Å². The molecular formula is C15H21N2O2+. The molecule has 2 N–H and O–H groups in total. The van der Waals surface area contributed by atoms with Crippen LogP contribution < -0.4 is 10.3 Å². The number of nitrogens with two attached hydrogens (primary N) is 1. The topological polar surface area (TPSA) is 56.2 Å². The van der Waals surface area contributed by atoms with Crippen molar-refractivity contribution < 1.29 is 14.1 Å². The lowest BCUT2D eigenvalue weighted by Gasteiger charge is -2.11. The molecule has 19 heavy (non-hydrogen) atoms. The van der Waals surface area contributed by atoms with Gasteiger partial charge in [-0.05, 0) is 32.6 Å². The number of ether oxygens (including phenoxy) is 1. The number of pyridine rings is 1. The van der Waals surface area contributed by atoms with Crippen molar-refractivity contribution in [2.75, 3.05) is 12.3 Å². The third-order valence-corrected chi connectivity index (χ3v) is 4.27. The average molecular weight is 261 g/mol. The van der Waals surface area contributed by atoms with Crippen molar-refractivity contribution in [3.8, 4) is 0 Å². The molecule has 1 aromatic heterocycles. The molecule has 4 heteroatoms. The molecule has 3 rings (SSSR count). The van der Waals surface area contributed by atoms with Crippen LogP contribution in [0.1, 0.15) is 42.3 Å². The molecule has 0 spiro atoms. The van der Waals surface area contributed by atoms with Crippen molar-refractivity contribution in [2.45, 2.75) is 52.0 Å². The van der Waals surface area contributed by atoms with Crippen LogP contribution in [0.15, 0.2) is 0 Å². The molecule has 0 radical (unpaired) electrons. The lowest BCUT2D eigenvalue weighted by molar-refractivity contribution is -0.699. The largest absolute Gasteiger partial charge is 0.461 e. The van der Waals surface area contributed by atoms with Crippen LogP contribution in [-0.2, 0) is 41.8 Å². The quantitative estimate of drug-likeness (QED) is 0.655. The second-order valence-electron chi connectivity index (χ2n) is 5.36. The van der Waals surface area contributed by atoms with Crippen LogP contribution >= 0.6 is 0 Å². The first-order valence-electron chi connectivity index (χ1n) is 7.22. The summed E-state index contributed by atoms with van der Waals surface area (Å²) in [4.78, 5) is 11.8. The van der Waals surface area contributed by atoms with Crippen molar-refractivity contribution in [3.63, 3.8) is 0 Å². The number of fused-ring (bicyclic) bond motifs is 2. The van der Waals surface area contributed by atoms with E-state index in [4.69, 9.17) is 10.5 Å². The molecule has 4 nitrogen and oxygen atoms in total. The monoisotopic (exact) mass is 261 g/mol. The van der Waals surface area contributed by atoms with Crippen LogP contribution in [0, 0.1) is 0 Å². The number of nitrogens with zero attached hydrogens (tertiary/aromatic N) is 1. The minimum absolute atomic E-state index is 0.138. The second kappa shape index (κ2) is 4.83. The number of anilines is 1. The Kier molecular flexibility index (Phi) is 3.17. The molecule has 0 amide bonds. The molecule has 1 heterocycles. The van der Waals surface area contributed by atoms with Crippen molar-refractivity contribution in [1.29, 1.82) is 0 Å². The van der Waals surface area contributed by atoms with E-state index in [1.807, 2.05) is 6.92 Å². The molecule has 0 saturated carbocycles. The first kappa shape index (κ1) is 12.5. The molecular weight excluding hydrogens is 240 g/mol. The molecule has 2 aliphatic rings. The minimum Gasteiger partial charge on any atom is -0.461 e. The van der Waals surface area contributed by atoms with E-state index in [1.54, 1.807) is 0 Å². The number of hydrogen-bond acceptors (Lipinski definition) is 3. The molecule has 0 saturated heterocycles. The smallest absolute Gasteiger partial charge is 0.372 e. The average Bonchev–Trinajstić information content (AvgIpc) is 3.03. The maximum atomic E-state index is 11.8. The Hall–Kier alpha value is -1.58. The Morgan fingerprint density at radius 2 is 1.74 bits per heavy atom. The van der Waals surface area contributed by atoms with Gasteiger partial charge in [-0.25, -0.2) is 4.79 Å². The Balaban J connectivity index is 2.06. The summed E-state index contributed by atoms with van der Waals surface area (Å²) in [6.07, 6.45) is 6.46. The number of rotatable bonds is 3. The highest BCUT2D eigenvalue weighted by Gasteiger charge is 2.35. The van der Waals surface area contributed by atoms with Crippen molar-refractivity contribution in [1.82, 2.24) is 0 Å². The lowest BCUT2D eigenvalue weighted by atomic mass is 10.1. The van der Waals surface area contributed by atoms with Crippen molar-refractivity contribution in [2.24, 2.45) is 0 Å². The van der Waals surface area contributed by atoms with E-state index in [9.17, 15) is 4.79 Å². The highest BCUT2D eigenvalue weighted by Crippen LogP contribution is 2.33. The molecule has 0 fully saturated rings. The molecule has 2 aliphatic carbocycles. The van der Waals surface area contributed by atoms with Gasteiger partial charge in [0.1, 0.15) is 0 Å². The first-order chi connectivity index (χ1) is 9.22. The summed E-state index contributed by atoms with van der Waals surface area (Å²) >= 11 is 0. The van der Waals surface area contributed by atoms with Gasteiger partial charge in [0, 0.05) is 24.0 Å². The maximum Gasteiger partial charge on any atom is 0.372 e. The normalized spacial score (nSPS) is 16.3. The van der Waals surface area contributed by atoms with Crippen LogP contribution in [0.5, 0.6) is 0 Å². The van der Waals surface area contributed by atoms with E-state index in [1.165, 1.54) is 22.5 Å². The Morgan fingerprint density at radius 1 is 1.16 bits per heavy atom. The summed E-state index contributed by atoms with van der Waals surface area (Å²) < 4.78 is 7.30. The standard InChI is InChI=1S/C15H20N2O2/c1-2-19-14(18)9-17-12-7-3-5-10(12)15(16)11-6-4-8-13(11)17/h16H,2-9H2,1H3/p+1. The molecule has 0 bridgehead atoms. The molecule has 0 atom stereocenters. The fourth-order valence-electron chi connectivity index (χ4n) is 3.50. The number of carbonyl (C=O) groups is 1. The van der Waals surface area contributed by atoms with E-state index < -0.39 is 0 Å². The fourth-order valence-corrected chi connectivity index (χ4v) is 3.50. The van der Waals surface area contributed by atoms with Gasteiger partial charge in [0.05, 0.1) is 12.3 Å². The van der Waals surface area contributed by atoms with Gasteiger partial charge in [0.25, 0.3) is 0 Å². The summed E-state index contributed by atoms with van der Waals surface area (Å²) in [5.74, 6) is -0.138. The van der Waals surface area contributed by atoms with E-state index in [0.29, 0.717) is 13.2 Å². The Morgan fingerprint density at radius 3 is 2.26 bits per heavy atom. The number of nitrogen functional groups attached to an aromatic ring is 1. The van der Waals surface area contributed by atoms with Crippen LogP contribution in [0.2, 0.25) is 0 Å². The highest BCUT2D eigenvalue weighted by atomic mass is 16.5. The van der Waals surface area contributed by atoms with Crippen molar-refractivity contribution in [3.05, 3.63) is 22.5 Å². The number of carbonyl (C=O) groups excluding carboxylic acids is 1. The SMILES string of the molecule is CCOC(=O)C[n+]1c2c(c(N)c3c1CCC3)CCC2. The predicted octanol–water partition coefficient (Wildman–Crippen LogP) is 1.10. The van der Waals surface area contributed by atoms with Gasteiger partial charge in [-0.2, -0.15) is 4.57 Å². The number of hydrogen-bond donors (Lipinski definition) is 1. The Bertz CT molecular complexity index is 502. The maximum absolute atomic E-state index is 11.8. The summed E-state index contributed by atoms with van der Waals surface area (Å²) in [7, 11) is 0. The third-order valence-electron chi connectivity index (χ3n) is 4.27. The van der Waals surface area contributed by atoms with E-state index >= 15 is 0 Å². The van der Waals surface area contributed by atoms with Gasteiger partial charge in [0.15, 0.2) is 11.4 Å². The first-order valence-corrected chi connectivity index (χ1v) is 7.22. The third kappa shape index (κ3) is 1.99. The van der Waals surface area contributed by atoms with Gasteiger partial charge >= 0.3 is 5.97 Å². The van der Waals surface area contributed by atoms with Gasteiger partial charge in [-0.1, -0.05) is 0 Å². The van der Waals surface area contributed by atoms with Crippen LogP contribution in [0.3, 0.4) is 0 Å². The second-order valence-corrected chi connectivity index (χ2v) is 5.36. The summed E-state index contributed by atoms with van der Waals surface area (Å²) in [6.45, 7) is 2.64.